The van der Waals surface area contributed by atoms with Gasteiger partial charge in [0.05, 0.1) is 43.0 Å². The van der Waals surface area contributed by atoms with Crippen LogP contribution in [-0.4, -0.2) is 67.2 Å². The molecule has 0 aromatic carbocycles. The van der Waals surface area contributed by atoms with Crippen molar-refractivity contribution in [1.82, 2.24) is 20.1 Å². The van der Waals surface area contributed by atoms with Crippen LogP contribution in [0.4, 0.5) is 0 Å². The number of nitrogens with zero attached hydrogens (tertiary/aromatic N) is 4. The van der Waals surface area contributed by atoms with Crippen molar-refractivity contribution in [3.63, 3.8) is 0 Å². The van der Waals surface area contributed by atoms with Gasteiger partial charge in [0, 0.05) is 36.9 Å². The maximum absolute atomic E-state index is 5.54. The van der Waals surface area contributed by atoms with Gasteiger partial charge < -0.3 is 15.0 Å². The highest BCUT2D eigenvalue weighted by molar-refractivity contribution is 14.0. The monoisotopic (exact) mass is 535 g/mol. The summed E-state index contributed by atoms with van der Waals surface area (Å²) in [5.74, 6) is 0.929. The standard InChI is InChI=1S/C19H29N5OS2.HI/c1-4-20-19(23(3)13-16-14-27-15(2)22-16)21-12-17(18-6-5-11-26-18)24-7-9-25-10-8-24;/h5-6,11,14,17H,4,7-10,12-13H2,1-3H3,(H,20,21);1H. The molecule has 156 valence electrons. The zero-order valence-electron chi connectivity index (χ0n) is 16.8. The predicted molar refractivity (Wildman–Crippen MR) is 129 cm³/mol. The van der Waals surface area contributed by atoms with Gasteiger partial charge >= 0.3 is 0 Å². The molecule has 0 saturated carbocycles. The second kappa shape index (κ2) is 12.1. The first-order chi connectivity index (χ1) is 13.2. The molecule has 1 unspecified atom stereocenters. The van der Waals surface area contributed by atoms with Crippen molar-refractivity contribution in [1.29, 1.82) is 0 Å². The molecule has 1 atom stereocenters. The molecule has 1 saturated heterocycles. The highest BCUT2D eigenvalue weighted by atomic mass is 127. The number of thiazole rings is 1. The van der Waals surface area contributed by atoms with Crippen molar-refractivity contribution < 1.29 is 4.74 Å². The summed E-state index contributed by atoms with van der Waals surface area (Å²) in [4.78, 5) is 15.6. The quantitative estimate of drug-likeness (QED) is 0.334. The first-order valence-electron chi connectivity index (χ1n) is 9.43. The summed E-state index contributed by atoms with van der Waals surface area (Å²) in [6.07, 6.45) is 0. The lowest BCUT2D eigenvalue weighted by Crippen LogP contribution is -2.42. The number of nitrogens with one attached hydrogen (secondary N) is 1. The number of thiophene rings is 1. The molecule has 0 bridgehead atoms. The Hall–Kier alpha value is -0.750. The van der Waals surface area contributed by atoms with Crippen molar-refractivity contribution in [2.24, 2.45) is 4.99 Å². The topological polar surface area (TPSA) is 53.0 Å². The van der Waals surface area contributed by atoms with Gasteiger partial charge in [-0.2, -0.15) is 0 Å². The fourth-order valence-corrected chi connectivity index (χ4v) is 4.65. The van der Waals surface area contributed by atoms with Crippen LogP contribution >= 0.6 is 46.7 Å². The Labute approximate surface area is 193 Å². The average Bonchev–Trinajstić information content (AvgIpc) is 3.34. The number of aliphatic imine (C=N–C) groups is 1. The van der Waals surface area contributed by atoms with Crippen LogP contribution in [0, 0.1) is 6.92 Å². The molecular formula is C19H30IN5OS2. The lowest BCUT2D eigenvalue weighted by Gasteiger charge is -2.33. The third kappa shape index (κ3) is 6.65. The van der Waals surface area contributed by atoms with E-state index in [0.717, 1.165) is 62.6 Å². The van der Waals surface area contributed by atoms with Gasteiger partial charge in [-0.3, -0.25) is 9.89 Å². The molecule has 2 aromatic rings. The molecule has 3 rings (SSSR count). The third-order valence-corrected chi connectivity index (χ3v) is 6.33. The maximum Gasteiger partial charge on any atom is 0.194 e. The fourth-order valence-electron chi connectivity index (χ4n) is 3.20. The Morgan fingerprint density at radius 3 is 2.79 bits per heavy atom. The Bertz CT molecular complexity index is 716. The van der Waals surface area contributed by atoms with E-state index < -0.39 is 0 Å². The molecule has 2 aromatic heterocycles. The number of guanidine groups is 1. The van der Waals surface area contributed by atoms with E-state index >= 15 is 0 Å². The highest BCUT2D eigenvalue weighted by Crippen LogP contribution is 2.26. The Morgan fingerprint density at radius 1 is 1.39 bits per heavy atom. The van der Waals surface area contributed by atoms with E-state index in [9.17, 15) is 0 Å². The number of ether oxygens (including phenoxy) is 1. The van der Waals surface area contributed by atoms with Gasteiger partial charge in [-0.05, 0) is 25.3 Å². The molecule has 0 radical (unpaired) electrons. The van der Waals surface area contributed by atoms with E-state index in [0.29, 0.717) is 6.04 Å². The molecule has 0 spiro atoms. The van der Waals surface area contributed by atoms with Gasteiger partial charge in [0.25, 0.3) is 0 Å². The molecule has 1 N–H and O–H groups in total. The van der Waals surface area contributed by atoms with Crippen LogP contribution in [0.15, 0.2) is 27.9 Å². The van der Waals surface area contributed by atoms with Crippen molar-refractivity contribution in [3.8, 4) is 0 Å². The Balaban J connectivity index is 0.00000280. The normalized spacial score (nSPS) is 16.5. The van der Waals surface area contributed by atoms with Crippen LogP contribution in [0.2, 0.25) is 0 Å². The molecule has 9 heteroatoms. The van der Waals surface area contributed by atoms with Crippen LogP contribution in [0.3, 0.4) is 0 Å². The zero-order valence-corrected chi connectivity index (χ0v) is 20.7. The summed E-state index contributed by atoms with van der Waals surface area (Å²) in [6.45, 7) is 10.0. The molecule has 3 heterocycles. The number of morpholine rings is 1. The second-order valence-corrected chi connectivity index (χ2v) is 8.63. The molecule has 0 amide bonds. The molecule has 6 nitrogen and oxygen atoms in total. The minimum Gasteiger partial charge on any atom is -0.379 e. The Kier molecular flexibility index (Phi) is 10.1. The fraction of sp³-hybridized carbons (Fsp3) is 0.579. The first kappa shape index (κ1) is 23.5. The number of aryl methyl sites for hydroxylation is 1. The molecule has 28 heavy (non-hydrogen) atoms. The number of aromatic nitrogens is 1. The summed E-state index contributed by atoms with van der Waals surface area (Å²) in [5, 5.41) is 8.80. The van der Waals surface area contributed by atoms with E-state index in [1.165, 1.54) is 4.88 Å². The first-order valence-corrected chi connectivity index (χ1v) is 11.2. The summed E-state index contributed by atoms with van der Waals surface area (Å²) in [5.41, 5.74) is 1.09. The van der Waals surface area contributed by atoms with Crippen LogP contribution < -0.4 is 5.32 Å². The van der Waals surface area contributed by atoms with Gasteiger partial charge in [-0.25, -0.2) is 4.98 Å². The number of halogens is 1. The Morgan fingerprint density at radius 2 is 2.18 bits per heavy atom. The zero-order chi connectivity index (χ0) is 19.1. The van der Waals surface area contributed by atoms with Crippen molar-refractivity contribution >= 4 is 52.6 Å². The molecule has 1 fully saturated rings. The van der Waals surface area contributed by atoms with Gasteiger partial charge in [0.2, 0.25) is 0 Å². The summed E-state index contributed by atoms with van der Waals surface area (Å²) in [7, 11) is 2.07. The van der Waals surface area contributed by atoms with E-state index in [1.54, 1.807) is 11.3 Å². The smallest absolute Gasteiger partial charge is 0.194 e. The minimum atomic E-state index is 0. The SMILES string of the molecule is CCNC(=NCC(c1cccs1)N1CCOCC1)N(C)Cc1csc(C)n1.I. The largest absolute Gasteiger partial charge is 0.379 e. The molecule has 1 aliphatic rings. The number of hydrogen-bond donors (Lipinski definition) is 1. The van der Waals surface area contributed by atoms with Crippen molar-refractivity contribution in [2.45, 2.75) is 26.4 Å². The van der Waals surface area contributed by atoms with Crippen LogP contribution in [0.1, 0.15) is 28.5 Å². The van der Waals surface area contributed by atoms with Gasteiger partial charge in [0.1, 0.15) is 0 Å². The molecular weight excluding hydrogens is 505 g/mol. The summed E-state index contributed by atoms with van der Waals surface area (Å²) >= 11 is 3.50. The van der Waals surface area contributed by atoms with Crippen molar-refractivity contribution in [3.05, 3.63) is 38.5 Å². The lowest BCUT2D eigenvalue weighted by molar-refractivity contribution is 0.0186. The molecule has 1 aliphatic heterocycles. The highest BCUT2D eigenvalue weighted by Gasteiger charge is 2.23. The number of rotatable bonds is 7. The minimum absolute atomic E-state index is 0. The van der Waals surface area contributed by atoms with E-state index in [1.807, 2.05) is 18.3 Å². The van der Waals surface area contributed by atoms with Gasteiger partial charge in [0.15, 0.2) is 5.96 Å². The van der Waals surface area contributed by atoms with Gasteiger partial charge in [-0.15, -0.1) is 46.7 Å². The molecule has 0 aliphatic carbocycles. The number of hydrogen-bond acceptors (Lipinski definition) is 6. The van der Waals surface area contributed by atoms with E-state index in [2.05, 4.69) is 57.0 Å². The summed E-state index contributed by atoms with van der Waals surface area (Å²) < 4.78 is 5.54. The lowest BCUT2D eigenvalue weighted by atomic mass is 10.2. The summed E-state index contributed by atoms with van der Waals surface area (Å²) in [6, 6.07) is 4.64. The van der Waals surface area contributed by atoms with Crippen LogP contribution in [-0.2, 0) is 11.3 Å². The third-order valence-electron chi connectivity index (χ3n) is 4.53. The average molecular weight is 536 g/mol. The van der Waals surface area contributed by atoms with Gasteiger partial charge in [-0.1, -0.05) is 6.07 Å². The second-order valence-electron chi connectivity index (χ2n) is 6.59. The van der Waals surface area contributed by atoms with E-state index in [-0.39, 0.29) is 24.0 Å². The predicted octanol–water partition coefficient (Wildman–Crippen LogP) is 3.60. The van der Waals surface area contributed by atoms with Crippen LogP contribution in [0.25, 0.3) is 0 Å². The maximum atomic E-state index is 5.54. The van der Waals surface area contributed by atoms with E-state index in [4.69, 9.17) is 9.73 Å². The van der Waals surface area contributed by atoms with Crippen molar-refractivity contribution in [2.75, 3.05) is 46.4 Å². The van der Waals surface area contributed by atoms with Crippen LogP contribution in [0.5, 0.6) is 0 Å².